The zero-order chi connectivity index (χ0) is 5.98. The van der Waals surface area contributed by atoms with Gasteiger partial charge in [0.05, 0.1) is 0 Å². The van der Waals surface area contributed by atoms with Crippen LogP contribution in [0, 0.1) is 0 Å². The molecule has 0 spiro atoms. The van der Waals surface area contributed by atoms with Crippen molar-refractivity contribution in [1.82, 2.24) is 0 Å². The fourth-order valence-electron chi connectivity index (χ4n) is 0.419. The van der Waals surface area contributed by atoms with Gasteiger partial charge in [-0.25, -0.2) is 0 Å². The summed E-state index contributed by atoms with van der Waals surface area (Å²) in [7, 11) is 0. The van der Waals surface area contributed by atoms with Crippen LogP contribution in [-0.4, -0.2) is 20.4 Å². The van der Waals surface area contributed by atoms with Gasteiger partial charge in [-0.15, -0.1) is 0 Å². The van der Waals surface area contributed by atoms with Crippen LogP contribution in [0.1, 0.15) is 9.23 Å². The third-order valence-corrected chi connectivity index (χ3v) is 2.62. The quantitative estimate of drug-likeness (QED) is 0.590. The molecule has 0 bridgehead atoms. The van der Waals surface area contributed by atoms with Crippen molar-refractivity contribution in [2.75, 3.05) is 0 Å². The number of rotatable bonds is 1. The number of nitrogens with two attached hydrogens (primary N) is 1. The van der Waals surface area contributed by atoms with E-state index in [0.717, 1.165) is 4.44 Å². The molecular weight excluding hydrogens is 169 g/mol. The number of primary amides is 1. The Kier molecular flexibility index (Phi) is 1.51. The average molecular weight is 174 g/mol. The summed E-state index contributed by atoms with van der Waals surface area (Å²) in [4.78, 5) is 12.3. The van der Waals surface area contributed by atoms with Gasteiger partial charge in [-0.2, -0.15) is 0 Å². The predicted octanol–water partition coefficient (Wildman–Crippen LogP) is -0.157. The molecule has 0 saturated carbocycles. The SMILES string of the molecule is NC(=O)c1ccc[se]1. The summed E-state index contributed by atoms with van der Waals surface area (Å²) in [5.41, 5.74) is 4.97. The maximum absolute atomic E-state index is 10.3. The van der Waals surface area contributed by atoms with Gasteiger partial charge in [-0.3, -0.25) is 0 Å². The summed E-state index contributed by atoms with van der Waals surface area (Å²) in [5.74, 6) is -0.282. The van der Waals surface area contributed by atoms with Gasteiger partial charge in [0, 0.05) is 0 Å². The molecule has 0 atom stereocenters. The molecule has 0 aliphatic heterocycles. The topological polar surface area (TPSA) is 43.1 Å². The van der Waals surface area contributed by atoms with Gasteiger partial charge in [0.2, 0.25) is 0 Å². The van der Waals surface area contributed by atoms with Gasteiger partial charge in [-0.1, -0.05) is 0 Å². The zero-order valence-corrected chi connectivity index (χ0v) is 5.84. The second-order valence-electron chi connectivity index (χ2n) is 1.34. The van der Waals surface area contributed by atoms with E-state index in [1.54, 1.807) is 6.07 Å². The molecule has 0 fully saturated rings. The molecule has 1 amide bonds. The molecule has 0 unspecified atom stereocenters. The average Bonchev–Trinajstić information content (AvgIpc) is 2.12. The molecule has 0 aliphatic rings. The first kappa shape index (κ1) is 5.60. The van der Waals surface area contributed by atoms with Gasteiger partial charge in [0.1, 0.15) is 0 Å². The van der Waals surface area contributed by atoms with Crippen molar-refractivity contribution in [3.05, 3.63) is 21.5 Å². The molecule has 1 aromatic heterocycles. The summed E-state index contributed by atoms with van der Waals surface area (Å²) in [6.07, 6.45) is 0. The first-order valence-electron chi connectivity index (χ1n) is 2.14. The van der Waals surface area contributed by atoms with E-state index in [0.29, 0.717) is 0 Å². The van der Waals surface area contributed by atoms with E-state index in [4.69, 9.17) is 5.73 Å². The number of amides is 1. The summed E-state index contributed by atoms with van der Waals surface area (Å²) in [6.45, 7) is 0. The Morgan fingerprint density at radius 3 is 2.75 bits per heavy atom. The standard InChI is InChI=1S/C5H5NOSe/c6-5(7)4-2-1-3-8-4/h1-3H,(H2,6,7). The van der Waals surface area contributed by atoms with Crippen LogP contribution in [0.3, 0.4) is 0 Å². The van der Waals surface area contributed by atoms with E-state index in [1.165, 1.54) is 0 Å². The molecule has 8 heavy (non-hydrogen) atoms. The van der Waals surface area contributed by atoms with Crippen LogP contribution in [0.5, 0.6) is 0 Å². The Labute approximate surface area is 53.1 Å². The Bertz CT molecular complexity index is 180. The van der Waals surface area contributed by atoms with Crippen LogP contribution in [0.15, 0.2) is 17.1 Å². The van der Waals surface area contributed by atoms with E-state index >= 15 is 0 Å². The Balaban J connectivity index is 2.93. The van der Waals surface area contributed by atoms with Crippen LogP contribution < -0.4 is 5.73 Å². The number of hydrogen-bond acceptors (Lipinski definition) is 1. The molecule has 1 aromatic rings. The van der Waals surface area contributed by atoms with Crippen LogP contribution in [0.25, 0.3) is 0 Å². The van der Waals surface area contributed by atoms with Crippen molar-refractivity contribution in [3.63, 3.8) is 0 Å². The first-order chi connectivity index (χ1) is 3.80. The number of carbonyl (C=O) groups is 1. The summed E-state index contributed by atoms with van der Waals surface area (Å²) in [5, 5.41) is 0. The number of carbonyl (C=O) groups excluding carboxylic acids is 1. The Morgan fingerprint density at radius 2 is 2.50 bits per heavy atom. The molecule has 2 N–H and O–H groups in total. The van der Waals surface area contributed by atoms with Gasteiger partial charge < -0.3 is 0 Å². The molecule has 2 nitrogen and oxygen atoms in total. The summed E-state index contributed by atoms with van der Waals surface area (Å²) < 4.78 is 0.762. The van der Waals surface area contributed by atoms with Gasteiger partial charge in [-0.05, 0) is 0 Å². The van der Waals surface area contributed by atoms with Crippen LogP contribution in [-0.2, 0) is 0 Å². The third-order valence-electron chi connectivity index (χ3n) is 0.764. The van der Waals surface area contributed by atoms with Gasteiger partial charge in [0.25, 0.3) is 0 Å². The molecule has 0 aliphatic carbocycles. The van der Waals surface area contributed by atoms with Crippen LogP contribution in [0.4, 0.5) is 0 Å². The first-order valence-corrected chi connectivity index (χ1v) is 3.98. The fraction of sp³-hybridized carbons (Fsp3) is 0. The maximum atomic E-state index is 10.3. The fourth-order valence-corrected chi connectivity index (χ4v) is 1.63. The minimum atomic E-state index is -0.282. The van der Waals surface area contributed by atoms with Gasteiger partial charge >= 0.3 is 52.4 Å². The van der Waals surface area contributed by atoms with Gasteiger partial charge in [0.15, 0.2) is 0 Å². The van der Waals surface area contributed by atoms with Crippen molar-refractivity contribution >= 4 is 20.4 Å². The molecule has 0 saturated heterocycles. The van der Waals surface area contributed by atoms with E-state index < -0.39 is 0 Å². The molecule has 42 valence electrons. The Morgan fingerprint density at radius 1 is 1.75 bits per heavy atom. The van der Waals surface area contributed by atoms with Crippen LogP contribution in [0.2, 0.25) is 0 Å². The van der Waals surface area contributed by atoms with Crippen molar-refractivity contribution in [2.45, 2.75) is 0 Å². The molecule has 1 rings (SSSR count). The molecule has 3 heteroatoms. The molecule has 1 heterocycles. The third kappa shape index (κ3) is 0.997. The molecular formula is C5H5NOSe. The Hall–Kier alpha value is -0.531. The zero-order valence-electron chi connectivity index (χ0n) is 4.13. The summed E-state index contributed by atoms with van der Waals surface area (Å²) in [6, 6.07) is 3.63. The minimum absolute atomic E-state index is 0.214. The van der Waals surface area contributed by atoms with E-state index in [2.05, 4.69) is 0 Å². The number of hydrogen-bond donors (Lipinski definition) is 1. The van der Waals surface area contributed by atoms with Crippen molar-refractivity contribution < 1.29 is 4.79 Å². The molecule has 0 aromatic carbocycles. The monoisotopic (exact) mass is 175 g/mol. The second kappa shape index (κ2) is 2.16. The predicted molar refractivity (Wildman–Crippen MR) is 31.9 cm³/mol. The van der Waals surface area contributed by atoms with E-state index in [-0.39, 0.29) is 20.4 Å². The second-order valence-corrected chi connectivity index (χ2v) is 3.33. The van der Waals surface area contributed by atoms with Crippen molar-refractivity contribution in [1.29, 1.82) is 0 Å². The van der Waals surface area contributed by atoms with Crippen molar-refractivity contribution in [3.8, 4) is 0 Å². The van der Waals surface area contributed by atoms with E-state index in [1.807, 2.05) is 11.0 Å². The van der Waals surface area contributed by atoms with Crippen LogP contribution >= 0.6 is 0 Å². The van der Waals surface area contributed by atoms with Crippen molar-refractivity contribution in [2.24, 2.45) is 5.73 Å². The molecule has 0 radical (unpaired) electrons. The van der Waals surface area contributed by atoms with E-state index in [9.17, 15) is 4.79 Å². The summed E-state index contributed by atoms with van der Waals surface area (Å²) >= 11 is 0.214. The normalized spacial score (nSPS) is 9.00.